The normalized spacial score (nSPS) is 31.2. The van der Waals surface area contributed by atoms with E-state index in [1.807, 2.05) is 0 Å². The zero-order chi connectivity index (χ0) is 13.9. The van der Waals surface area contributed by atoms with Crippen molar-refractivity contribution in [1.29, 1.82) is 0 Å². The first kappa shape index (κ1) is 14.8. The molecular formula is C16H30N2O. The van der Waals surface area contributed by atoms with Crippen LogP contribution in [-0.4, -0.2) is 37.0 Å². The Bertz CT molecular complexity index is 319. The van der Waals surface area contributed by atoms with Crippen LogP contribution in [0, 0.1) is 10.8 Å². The summed E-state index contributed by atoms with van der Waals surface area (Å²) in [5.41, 5.74) is 0.310. The van der Waals surface area contributed by atoms with Crippen LogP contribution in [0.15, 0.2) is 0 Å². The van der Waals surface area contributed by atoms with Crippen molar-refractivity contribution in [2.45, 2.75) is 59.3 Å². The third-order valence-electron chi connectivity index (χ3n) is 5.05. The summed E-state index contributed by atoms with van der Waals surface area (Å²) in [5.74, 6) is 0.428. The molecule has 3 nitrogen and oxygen atoms in total. The Kier molecular flexibility index (Phi) is 4.54. The van der Waals surface area contributed by atoms with Gasteiger partial charge in [-0.3, -0.25) is 4.79 Å². The molecule has 0 aromatic rings. The van der Waals surface area contributed by atoms with Crippen LogP contribution >= 0.6 is 0 Å². The number of carbonyl (C=O) groups excluding carboxylic acids is 1. The summed E-state index contributed by atoms with van der Waals surface area (Å²) in [6, 6.07) is 0. The summed E-state index contributed by atoms with van der Waals surface area (Å²) in [6.45, 7) is 10.7. The highest BCUT2D eigenvalue weighted by atomic mass is 16.2. The average Bonchev–Trinajstić information content (AvgIpc) is 2.75. The van der Waals surface area contributed by atoms with E-state index in [4.69, 9.17) is 0 Å². The van der Waals surface area contributed by atoms with Gasteiger partial charge in [0, 0.05) is 19.6 Å². The molecule has 2 rings (SSSR count). The SMILES string of the molecule is CCCC1(C(=O)N2CCCC(C)(C)CC2)CCNC1. The Balaban J connectivity index is 2.05. The van der Waals surface area contributed by atoms with Gasteiger partial charge in [-0.05, 0) is 44.1 Å². The number of amides is 1. The van der Waals surface area contributed by atoms with Crippen LogP contribution in [-0.2, 0) is 4.79 Å². The molecule has 3 heteroatoms. The lowest BCUT2D eigenvalue weighted by atomic mass is 9.81. The van der Waals surface area contributed by atoms with Crippen LogP contribution in [0.1, 0.15) is 59.3 Å². The number of carbonyl (C=O) groups is 1. The van der Waals surface area contributed by atoms with E-state index in [-0.39, 0.29) is 5.41 Å². The summed E-state index contributed by atoms with van der Waals surface area (Å²) in [7, 11) is 0. The van der Waals surface area contributed by atoms with Crippen molar-refractivity contribution < 1.29 is 4.79 Å². The molecule has 2 aliphatic heterocycles. The molecule has 2 heterocycles. The Morgan fingerprint density at radius 3 is 2.63 bits per heavy atom. The van der Waals surface area contributed by atoms with Crippen LogP contribution in [0.3, 0.4) is 0 Å². The van der Waals surface area contributed by atoms with E-state index in [1.165, 1.54) is 6.42 Å². The molecule has 0 spiro atoms. The van der Waals surface area contributed by atoms with Crippen molar-refractivity contribution in [3.05, 3.63) is 0 Å². The van der Waals surface area contributed by atoms with Crippen LogP contribution in [0.4, 0.5) is 0 Å². The predicted molar refractivity (Wildman–Crippen MR) is 79.0 cm³/mol. The molecule has 0 aliphatic carbocycles. The molecule has 2 saturated heterocycles. The standard InChI is InChI=1S/C16H30N2O/c1-4-6-16(8-10-17-13-16)14(19)18-11-5-7-15(2,3)9-12-18/h17H,4-13H2,1-3H3. The van der Waals surface area contributed by atoms with Crippen molar-refractivity contribution in [2.75, 3.05) is 26.2 Å². The van der Waals surface area contributed by atoms with E-state index >= 15 is 0 Å². The molecule has 1 unspecified atom stereocenters. The van der Waals surface area contributed by atoms with Gasteiger partial charge in [-0.2, -0.15) is 0 Å². The van der Waals surface area contributed by atoms with Gasteiger partial charge in [-0.15, -0.1) is 0 Å². The van der Waals surface area contributed by atoms with E-state index in [1.54, 1.807) is 0 Å². The number of hydrogen-bond donors (Lipinski definition) is 1. The Labute approximate surface area is 118 Å². The molecule has 0 aromatic carbocycles. The molecule has 2 fully saturated rings. The quantitative estimate of drug-likeness (QED) is 0.852. The van der Waals surface area contributed by atoms with Crippen molar-refractivity contribution in [3.63, 3.8) is 0 Å². The van der Waals surface area contributed by atoms with E-state index in [0.717, 1.165) is 58.3 Å². The molecule has 0 bridgehead atoms. The second kappa shape index (κ2) is 5.82. The predicted octanol–water partition coefficient (Wildman–Crippen LogP) is 2.80. The van der Waals surface area contributed by atoms with Crippen molar-refractivity contribution in [1.82, 2.24) is 10.2 Å². The topological polar surface area (TPSA) is 32.3 Å². The third-order valence-corrected chi connectivity index (χ3v) is 5.05. The zero-order valence-electron chi connectivity index (χ0n) is 12.9. The molecule has 1 N–H and O–H groups in total. The maximum Gasteiger partial charge on any atom is 0.230 e. The molecule has 0 aromatic heterocycles. The number of likely N-dealkylation sites (tertiary alicyclic amines) is 1. The fourth-order valence-electron chi connectivity index (χ4n) is 3.69. The maximum absolute atomic E-state index is 13.0. The molecule has 19 heavy (non-hydrogen) atoms. The minimum Gasteiger partial charge on any atom is -0.342 e. The first-order chi connectivity index (χ1) is 8.99. The Morgan fingerprint density at radius 1 is 1.21 bits per heavy atom. The van der Waals surface area contributed by atoms with E-state index in [2.05, 4.69) is 31.0 Å². The number of nitrogens with one attached hydrogen (secondary N) is 1. The van der Waals surface area contributed by atoms with E-state index < -0.39 is 0 Å². The molecule has 1 amide bonds. The fourth-order valence-corrected chi connectivity index (χ4v) is 3.69. The summed E-state index contributed by atoms with van der Waals surface area (Å²) in [4.78, 5) is 15.1. The van der Waals surface area contributed by atoms with Gasteiger partial charge >= 0.3 is 0 Å². The van der Waals surface area contributed by atoms with Gasteiger partial charge < -0.3 is 10.2 Å². The van der Waals surface area contributed by atoms with Crippen molar-refractivity contribution in [3.8, 4) is 0 Å². The molecule has 0 saturated carbocycles. The van der Waals surface area contributed by atoms with Gasteiger partial charge in [0.25, 0.3) is 0 Å². The summed E-state index contributed by atoms with van der Waals surface area (Å²) in [5, 5.41) is 3.40. The van der Waals surface area contributed by atoms with Crippen LogP contribution < -0.4 is 5.32 Å². The monoisotopic (exact) mass is 266 g/mol. The smallest absolute Gasteiger partial charge is 0.230 e. The third kappa shape index (κ3) is 3.31. The molecular weight excluding hydrogens is 236 g/mol. The molecule has 0 radical (unpaired) electrons. The van der Waals surface area contributed by atoms with Crippen molar-refractivity contribution in [2.24, 2.45) is 10.8 Å². The second-order valence-corrected chi connectivity index (χ2v) is 7.27. The lowest BCUT2D eigenvalue weighted by Gasteiger charge is -2.33. The lowest BCUT2D eigenvalue weighted by Crippen LogP contribution is -2.45. The fraction of sp³-hybridized carbons (Fsp3) is 0.938. The summed E-state index contributed by atoms with van der Waals surface area (Å²) < 4.78 is 0. The van der Waals surface area contributed by atoms with Crippen LogP contribution in [0.25, 0.3) is 0 Å². The number of hydrogen-bond acceptors (Lipinski definition) is 2. The first-order valence-corrected chi connectivity index (χ1v) is 7.99. The van der Waals surface area contributed by atoms with Gasteiger partial charge in [0.05, 0.1) is 5.41 Å². The highest BCUT2D eigenvalue weighted by Gasteiger charge is 2.43. The van der Waals surface area contributed by atoms with Gasteiger partial charge in [-0.1, -0.05) is 27.2 Å². The Morgan fingerprint density at radius 2 is 2.00 bits per heavy atom. The highest BCUT2D eigenvalue weighted by molar-refractivity contribution is 5.83. The van der Waals surface area contributed by atoms with E-state index in [9.17, 15) is 4.79 Å². The maximum atomic E-state index is 13.0. The van der Waals surface area contributed by atoms with Crippen LogP contribution in [0.5, 0.6) is 0 Å². The second-order valence-electron chi connectivity index (χ2n) is 7.27. The highest BCUT2D eigenvalue weighted by Crippen LogP contribution is 2.36. The largest absolute Gasteiger partial charge is 0.342 e. The van der Waals surface area contributed by atoms with Gasteiger partial charge in [-0.25, -0.2) is 0 Å². The number of rotatable bonds is 3. The number of nitrogens with zero attached hydrogens (tertiary/aromatic N) is 1. The molecule has 1 atom stereocenters. The lowest BCUT2D eigenvalue weighted by molar-refractivity contribution is -0.141. The Hall–Kier alpha value is -0.570. The minimum absolute atomic E-state index is 0.0940. The first-order valence-electron chi connectivity index (χ1n) is 7.99. The molecule has 2 aliphatic rings. The van der Waals surface area contributed by atoms with Gasteiger partial charge in [0.1, 0.15) is 0 Å². The average molecular weight is 266 g/mol. The zero-order valence-corrected chi connectivity index (χ0v) is 12.9. The van der Waals surface area contributed by atoms with Crippen LogP contribution in [0.2, 0.25) is 0 Å². The van der Waals surface area contributed by atoms with Crippen molar-refractivity contribution >= 4 is 5.91 Å². The summed E-state index contributed by atoms with van der Waals surface area (Å²) >= 11 is 0. The summed E-state index contributed by atoms with van der Waals surface area (Å²) in [6.07, 6.45) is 6.73. The van der Waals surface area contributed by atoms with Gasteiger partial charge in [0.15, 0.2) is 0 Å². The van der Waals surface area contributed by atoms with Gasteiger partial charge in [0.2, 0.25) is 5.91 Å². The van der Waals surface area contributed by atoms with E-state index in [0.29, 0.717) is 11.3 Å². The minimum atomic E-state index is -0.0940. The molecule has 110 valence electrons.